The highest BCUT2D eigenvalue weighted by atomic mass is 16.1. The first-order valence-electron chi connectivity index (χ1n) is 4.24. The Balaban J connectivity index is 2.59. The van der Waals surface area contributed by atoms with Gasteiger partial charge in [0.25, 0.3) is 0 Å². The van der Waals surface area contributed by atoms with Crippen molar-refractivity contribution >= 4 is 0 Å². The molecule has 0 saturated carbocycles. The van der Waals surface area contributed by atoms with Gasteiger partial charge >= 0.3 is 0 Å². The molecule has 0 bridgehead atoms. The quantitative estimate of drug-likeness (QED) is 0.728. The van der Waals surface area contributed by atoms with Crippen LogP contribution in [0.3, 0.4) is 0 Å². The summed E-state index contributed by atoms with van der Waals surface area (Å²) in [7, 11) is 0. The van der Waals surface area contributed by atoms with Crippen LogP contribution in [0.15, 0.2) is 35.4 Å². The molecule has 2 aromatic heterocycles. The van der Waals surface area contributed by atoms with Gasteiger partial charge in [-0.2, -0.15) is 5.10 Å². The zero-order valence-electron chi connectivity index (χ0n) is 7.69. The molecule has 0 aromatic carbocycles. The number of rotatable bonds is 1. The second-order valence-corrected chi connectivity index (χ2v) is 3.01. The number of aryl methyl sites for hydroxylation is 1. The normalized spacial score (nSPS) is 10.1. The predicted octanol–water partition coefficient (Wildman–Crippen LogP) is 1.14. The van der Waals surface area contributed by atoms with Crippen molar-refractivity contribution in [1.82, 2.24) is 15.2 Å². The van der Waals surface area contributed by atoms with E-state index in [4.69, 9.17) is 0 Å². The molecule has 4 nitrogen and oxygen atoms in total. The van der Waals surface area contributed by atoms with E-state index >= 15 is 0 Å². The third-order valence-corrected chi connectivity index (χ3v) is 1.86. The van der Waals surface area contributed by atoms with Gasteiger partial charge in [-0.1, -0.05) is 0 Å². The summed E-state index contributed by atoms with van der Waals surface area (Å²) in [5.74, 6) is 0. The third kappa shape index (κ3) is 1.54. The van der Waals surface area contributed by atoms with Gasteiger partial charge in [-0.15, -0.1) is 0 Å². The van der Waals surface area contributed by atoms with Crippen molar-refractivity contribution in [2.24, 2.45) is 0 Å². The Hall–Kier alpha value is -1.97. The standard InChI is InChI=1S/C10H9N3O/c1-7-5-9(14)10(13-12-7)8-3-2-4-11-6-8/h2-6H,1H3,(H,12,14). The minimum absolute atomic E-state index is 0.0887. The van der Waals surface area contributed by atoms with Crippen LogP contribution < -0.4 is 5.43 Å². The fraction of sp³-hybridized carbons (Fsp3) is 0.100. The van der Waals surface area contributed by atoms with Crippen molar-refractivity contribution in [2.45, 2.75) is 6.92 Å². The van der Waals surface area contributed by atoms with Crippen molar-refractivity contribution in [1.29, 1.82) is 0 Å². The lowest BCUT2D eigenvalue weighted by atomic mass is 10.2. The van der Waals surface area contributed by atoms with Gasteiger partial charge in [0, 0.05) is 29.7 Å². The van der Waals surface area contributed by atoms with Crippen molar-refractivity contribution < 1.29 is 0 Å². The fourth-order valence-electron chi connectivity index (χ4n) is 1.21. The largest absolute Gasteiger partial charge is 0.287 e. The second kappa shape index (κ2) is 3.41. The van der Waals surface area contributed by atoms with Crippen LogP contribution in [0.5, 0.6) is 0 Å². The molecule has 2 rings (SSSR count). The molecule has 0 unspecified atom stereocenters. The SMILES string of the molecule is Cc1cc(=O)c(-c2cccnc2)n[nH]1. The van der Waals surface area contributed by atoms with Crippen LogP contribution in [0.4, 0.5) is 0 Å². The van der Waals surface area contributed by atoms with E-state index in [9.17, 15) is 4.79 Å². The molecule has 14 heavy (non-hydrogen) atoms. The van der Waals surface area contributed by atoms with E-state index in [2.05, 4.69) is 15.2 Å². The zero-order chi connectivity index (χ0) is 9.97. The number of aromatic amines is 1. The summed E-state index contributed by atoms with van der Waals surface area (Å²) >= 11 is 0. The molecule has 4 heteroatoms. The van der Waals surface area contributed by atoms with Gasteiger partial charge in [0.2, 0.25) is 5.43 Å². The third-order valence-electron chi connectivity index (χ3n) is 1.86. The topological polar surface area (TPSA) is 58.6 Å². The number of hydrogen-bond acceptors (Lipinski definition) is 3. The number of aromatic nitrogens is 3. The van der Waals surface area contributed by atoms with E-state index in [0.29, 0.717) is 5.69 Å². The summed E-state index contributed by atoms with van der Waals surface area (Å²) in [5.41, 5.74) is 1.80. The smallest absolute Gasteiger partial charge is 0.208 e. The van der Waals surface area contributed by atoms with Crippen LogP contribution in [-0.4, -0.2) is 15.2 Å². The Labute approximate surface area is 80.6 Å². The fourth-order valence-corrected chi connectivity index (χ4v) is 1.21. The molecule has 0 atom stereocenters. The Morgan fingerprint density at radius 3 is 2.93 bits per heavy atom. The van der Waals surface area contributed by atoms with Gasteiger partial charge in [-0.25, -0.2) is 0 Å². The summed E-state index contributed by atoms with van der Waals surface area (Å²) in [4.78, 5) is 15.5. The highest BCUT2D eigenvalue weighted by Gasteiger charge is 2.03. The van der Waals surface area contributed by atoms with Gasteiger partial charge in [0.15, 0.2) is 0 Å². The van der Waals surface area contributed by atoms with Crippen LogP contribution in [0.1, 0.15) is 5.69 Å². The summed E-state index contributed by atoms with van der Waals surface area (Å²) in [5, 5.41) is 6.73. The molecule has 0 aliphatic rings. The number of H-pyrrole nitrogens is 1. The van der Waals surface area contributed by atoms with Crippen molar-refractivity contribution in [2.75, 3.05) is 0 Å². The first-order chi connectivity index (χ1) is 6.77. The number of pyridine rings is 1. The molecule has 0 radical (unpaired) electrons. The van der Waals surface area contributed by atoms with Gasteiger partial charge < -0.3 is 0 Å². The maximum atomic E-state index is 11.5. The van der Waals surface area contributed by atoms with E-state index in [1.54, 1.807) is 31.5 Å². The Morgan fingerprint density at radius 1 is 1.43 bits per heavy atom. The lowest BCUT2D eigenvalue weighted by molar-refractivity contribution is 0.974. The molecule has 2 aromatic rings. The highest BCUT2D eigenvalue weighted by molar-refractivity contribution is 5.56. The zero-order valence-corrected chi connectivity index (χ0v) is 7.69. The van der Waals surface area contributed by atoms with Crippen LogP contribution in [-0.2, 0) is 0 Å². The minimum atomic E-state index is -0.0887. The molecule has 0 aliphatic carbocycles. The maximum Gasteiger partial charge on any atom is 0.208 e. The van der Waals surface area contributed by atoms with E-state index in [1.807, 2.05) is 0 Å². The maximum absolute atomic E-state index is 11.5. The number of nitrogens with zero attached hydrogens (tertiary/aromatic N) is 2. The molecule has 0 amide bonds. The Bertz CT molecular complexity index is 490. The molecule has 2 heterocycles. The van der Waals surface area contributed by atoms with E-state index in [0.717, 1.165) is 11.3 Å². The average Bonchev–Trinajstić information content (AvgIpc) is 2.19. The molecule has 0 aliphatic heterocycles. The summed E-state index contributed by atoms with van der Waals surface area (Å²) in [6, 6.07) is 5.10. The lowest BCUT2D eigenvalue weighted by Gasteiger charge is -1.98. The van der Waals surface area contributed by atoms with E-state index < -0.39 is 0 Å². The highest BCUT2D eigenvalue weighted by Crippen LogP contribution is 2.08. The van der Waals surface area contributed by atoms with Crippen LogP contribution in [0.25, 0.3) is 11.3 Å². The molecule has 1 N–H and O–H groups in total. The van der Waals surface area contributed by atoms with Gasteiger partial charge in [-0.3, -0.25) is 14.9 Å². The second-order valence-electron chi connectivity index (χ2n) is 3.01. The molecule has 0 spiro atoms. The van der Waals surface area contributed by atoms with Gasteiger partial charge in [0.05, 0.1) is 0 Å². The minimum Gasteiger partial charge on any atom is -0.287 e. The molecular formula is C10H9N3O. The molecule has 0 saturated heterocycles. The summed E-state index contributed by atoms with van der Waals surface area (Å²) in [6.07, 6.45) is 3.28. The Morgan fingerprint density at radius 2 is 2.29 bits per heavy atom. The van der Waals surface area contributed by atoms with Crippen molar-refractivity contribution in [3.05, 3.63) is 46.5 Å². The van der Waals surface area contributed by atoms with Crippen molar-refractivity contribution in [3.63, 3.8) is 0 Å². The first kappa shape index (κ1) is 8.62. The Kier molecular flexibility index (Phi) is 2.10. The van der Waals surface area contributed by atoms with Gasteiger partial charge in [-0.05, 0) is 19.1 Å². The van der Waals surface area contributed by atoms with Gasteiger partial charge in [0.1, 0.15) is 5.69 Å². The predicted molar refractivity (Wildman–Crippen MR) is 52.8 cm³/mol. The van der Waals surface area contributed by atoms with Crippen LogP contribution >= 0.6 is 0 Å². The average molecular weight is 187 g/mol. The van der Waals surface area contributed by atoms with Crippen molar-refractivity contribution in [3.8, 4) is 11.3 Å². The molecule has 70 valence electrons. The molecular weight excluding hydrogens is 178 g/mol. The van der Waals surface area contributed by atoms with Crippen LogP contribution in [0.2, 0.25) is 0 Å². The van der Waals surface area contributed by atoms with E-state index in [-0.39, 0.29) is 5.43 Å². The first-order valence-corrected chi connectivity index (χ1v) is 4.24. The monoisotopic (exact) mass is 187 g/mol. The summed E-state index contributed by atoms with van der Waals surface area (Å²) < 4.78 is 0. The number of nitrogens with one attached hydrogen (secondary N) is 1. The van der Waals surface area contributed by atoms with Crippen LogP contribution in [0, 0.1) is 6.92 Å². The lowest BCUT2D eigenvalue weighted by Crippen LogP contribution is -2.08. The number of hydrogen-bond donors (Lipinski definition) is 1. The van der Waals surface area contributed by atoms with E-state index in [1.165, 1.54) is 6.07 Å². The molecule has 0 fully saturated rings. The summed E-state index contributed by atoms with van der Waals surface area (Å²) in [6.45, 7) is 1.79.